The molecule has 0 fully saturated rings. The van der Waals surface area contributed by atoms with Crippen molar-refractivity contribution in [1.82, 2.24) is 5.32 Å². The molecule has 2 N–H and O–H groups in total. The Kier molecular flexibility index (Phi) is 5.77. The number of ether oxygens (including phenoxy) is 1. The van der Waals surface area contributed by atoms with Crippen LogP contribution in [0.3, 0.4) is 0 Å². The maximum atomic E-state index is 12.7. The number of anilines is 1. The van der Waals surface area contributed by atoms with Gasteiger partial charge in [0.05, 0.1) is 6.54 Å². The van der Waals surface area contributed by atoms with Gasteiger partial charge in [0.1, 0.15) is 18.2 Å². The average molecular weight is 302 g/mol. The van der Waals surface area contributed by atoms with E-state index in [2.05, 4.69) is 10.6 Å². The van der Waals surface area contributed by atoms with Crippen molar-refractivity contribution in [2.24, 2.45) is 0 Å². The Balaban J connectivity index is 1.72. The van der Waals surface area contributed by atoms with Crippen molar-refractivity contribution in [2.45, 2.75) is 13.3 Å². The molecule has 0 unspecified atom stereocenters. The van der Waals surface area contributed by atoms with Crippen molar-refractivity contribution >= 4 is 11.7 Å². The summed E-state index contributed by atoms with van der Waals surface area (Å²) in [5, 5.41) is 5.53. The predicted octanol–water partition coefficient (Wildman–Crippen LogP) is 3.59. The van der Waals surface area contributed by atoms with Crippen LogP contribution in [0.25, 0.3) is 0 Å². The lowest BCUT2D eigenvalue weighted by atomic mass is 10.1. The summed E-state index contributed by atoms with van der Waals surface area (Å²) < 4.78 is 18.1. The van der Waals surface area contributed by atoms with Gasteiger partial charge in [-0.2, -0.15) is 0 Å². The van der Waals surface area contributed by atoms with Gasteiger partial charge in [-0.15, -0.1) is 0 Å². The highest BCUT2D eigenvalue weighted by Crippen LogP contribution is 2.15. The lowest BCUT2D eigenvalue weighted by molar-refractivity contribution is 0.247. The molecule has 2 amide bonds. The third-order valence-corrected chi connectivity index (χ3v) is 3.12. The fourth-order valence-electron chi connectivity index (χ4n) is 1.98. The molecule has 2 aromatic carbocycles. The Labute approximate surface area is 129 Å². The van der Waals surface area contributed by atoms with Crippen LogP contribution >= 0.6 is 0 Å². The number of amides is 2. The monoisotopic (exact) mass is 302 g/mol. The SMILES string of the molecule is CCc1ccccc1NC(=O)NCCOc1ccc(F)cc1. The molecule has 0 radical (unpaired) electrons. The molecule has 0 spiro atoms. The summed E-state index contributed by atoms with van der Waals surface area (Å²) in [6, 6.07) is 13.2. The molecule has 0 saturated heterocycles. The van der Waals surface area contributed by atoms with Crippen LogP contribution in [-0.4, -0.2) is 19.2 Å². The lowest BCUT2D eigenvalue weighted by Gasteiger charge is -2.11. The highest BCUT2D eigenvalue weighted by Gasteiger charge is 2.04. The summed E-state index contributed by atoms with van der Waals surface area (Å²) in [5.41, 5.74) is 1.89. The average Bonchev–Trinajstić information content (AvgIpc) is 2.54. The smallest absolute Gasteiger partial charge is 0.319 e. The molecule has 22 heavy (non-hydrogen) atoms. The summed E-state index contributed by atoms with van der Waals surface area (Å²) in [5.74, 6) is 0.263. The number of hydrogen-bond donors (Lipinski definition) is 2. The van der Waals surface area contributed by atoms with Crippen molar-refractivity contribution in [3.05, 3.63) is 59.9 Å². The van der Waals surface area contributed by atoms with Crippen molar-refractivity contribution in [3.8, 4) is 5.75 Å². The number of nitrogens with one attached hydrogen (secondary N) is 2. The molecule has 0 saturated carbocycles. The Hall–Kier alpha value is -2.56. The van der Waals surface area contributed by atoms with E-state index in [1.165, 1.54) is 12.1 Å². The van der Waals surface area contributed by atoms with Crippen LogP contribution in [-0.2, 0) is 6.42 Å². The maximum absolute atomic E-state index is 12.7. The van der Waals surface area contributed by atoms with E-state index >= 15 is 0 Å². The minimum atomic E-state index is -0.306. The molecule has 116 valence electrons. The van der Waals surface area contributed by atoms with Crippen LogP contribution in [0.1, 0.15) is 12.5 Å². The Bertz CT molecular complexity index is 614. The Morgan fingerprint density at radius 2 is 1.86 bits per heavy atom. The first kappa shape index (κ1) is 15.8. The van der Waals surface area contributed by atoms with E-state index in [-0.39, 0.29) is 11.8 Å². The highest BCUT2D eigenvalue weighted by atomic mass is 19.1. The van der Waals surface area contributed by atoms with Gasteiger partial charge in [-0.25, -0.2) is 9.18 Å². The maximum Gasteiger partial charge on any atom is 0.319 e. The first-order valence-corrected chi connectivity index (χ1v) is 7.20. The van der Waals surface area contributed by atoms with E-state index in [4.69, 9.17) is 4.74 Å². The third-order valence-electron chi connectivity index (χ3n) is 3.12. The normalized spacial score (nSPS) is 10.1. The second-order valence-electron chi connectivity index (χ2n) is 4.69. The molecule has 0 aliphatic carbocycles. The molecular weight excluding hydrogens is 283 g/mol. The van der Waals surface area contributed by atoms with Gasteiger partial charge in [-0.1, -0.05) is 25.1 Å². The molecule has 0 aliphatic heterocycles. The van der Waals surface area contributed by atoms with Crippen LogP contribution in [0.15, 0.2) is 48.5 Å². The van der Waals surface area contributed by atoms with Crippen LogP contribution in [0.5, 0.6) is 5.75 Å². The number of rotatable bonds is 6. The second-order valence-corrected chi connectivity index (χ2v) is 4.69. The molecule has 0 aliphatic rings. The van der Waals surface area contributed by atoms with Gasteiger partial charge in [-0.3, -0.25) is 0 Å². The van der Waals surface area contributed by atoms with Gasteiger partial charge in [0.15, 0.2) is 0 Å². The summed E-state index contributed by atoms with van der Waals surface area (Å²) in [6.07, 6.45) is 0.851. The van der Waals surface area contributed by atoms with Crippen molar-refractivity contribution < 1.29 is 13.9 Å². The molecular formula is C17H19FN2O2. The largest absolute Gasteiger partial charge is 0.492 e. The lowest BCUT2D eigenvalue weighted by Crippen LogP contribution is -2.32. The summed E-state index contributed by atoms with van der Waals surface area (Å²) in [6.45, 7) is 2.71. The zero-order valence-electron chi connectivity index (χ0n) is 12.4. The van der Waals surface area contributed by atoms with Crippen molar-refractivity contribution in [1.29, 1.82) is 0 Å². The molecule has 0 bridgehead atoms. The summed E-state index contributed by atoms with van der Waals surface area (Å²) in [4.78, 5) is 11.8. The molecule has 5 heteroatoms. The minimum absolute atomic E-state index is 0.274. The Morgan fingerprint density at radius 1 is 1.14 bits per heavy atom. The molecule has 0 aromatic heterocycles. The van der Waals surface area contributed by atoms with Gasteiger partial charge in [0.25, 0.3) is 0 Å². The van der Waals surface area contributed by atoms with Gasteiger partial charge in [-0.05, 0) is 42.3 Å². The fraction of sp³-hybridized carbons (Fsp3) is 0.235. The van der Waals surface area contributed by atoms with Crippen LogP contribution < -0.4 is 15.4 Å². The molecule has 0 atom stereocenters. The number of carbonyl (C=O) groups excluding carboxylic acids is 1. The molecule has 4 nitrogen and oxygen atoms in total. The third kappa shape index (κ3) is 4.77. The predicted molar refractivity (Wildman–Crippen MR) is 84.7 cm³/mol. The fourth-order valence-corrected chi connectivity index (χ4v) is 1.98. The topological polar surface area (TPSA) is 50.4 Å². The number of urea groups is 1. The second kappa shape index (κ2) is 8.02. The number of carbonyl (C=O) groups is 1. The van der Waals surface area contributed by atoms with Crippen LogP contribution in [0, 0.1) is 5.82 Å². The quantitative estimate of drug-likeness (QED) is 0.801. The van der Waals surface area contributed by atoms with Gasteiger partial charge >= 0.3 is 6.03 Å². The number of para-hydroxylation sites is 1. The minimum Gasteiger partial charge on any atom is -0.492 e. The highest BCUT2D eigenvalue weighted by molar-refractivity contribution is 5.90. The number of hydrogen-bond acceptors (Lipinski definition) is 2. The van der Waals surface area contributed by atoms with E-state index in [1.807, 2.05) is 31.2 Å². The first-order chi connectivity index (χ1) is 10.7. The zero-order valence-corrected chi connectivity index (χ0v) is 12.4. The number of benzene rings is 2. The van der Waals surface area contributed by atoms with E-state index in [1.54, 1.807) is 12.1 Å². The zero-order chi connectivity index (χ0) is 15.8. The van der Waals surface area contributed by atoms with Crippen molar-refractivity contribution in [2.75, 3.05) is 18.5 Å². The summed E-state index contributed by atoms with van der Waals surface area (Å²) >= 11 is 0. The van der Waals surface area contributed by atoms with Crippen LogP contribution in [0.4, 0.5) is 14.9 Å². The molecule has 2 aromatic rings. The van der Waals surface area contributed by atoms with Gasteiger partial charge < -0.3 is 15.4 Å². The van der Waals surface area contributed by atoms with E-state index in [0.29, 0.717) is 18.9 Å². The Morgan fingerprint density at radius 3 is 2.59 bits per heavy atom. The molecule has 2 rings (SSSR count). The standard InChI is InChI=1S/C17H19FN2O2/c1-2-13-5-3-4-6-16(13)20-17(21)19-11-12-22-15-9-7-14(18)8-10-15/h3-10H,2,11-12H2,1H3,(H2,19,20,21). The number of aryl methyl sites for hydroxylation is 1. The van der Waals surface area contributed by atoms with Crippen LogP contribution in [0.2, 0.25) is 0 Å². The number of halogens is 1. The van der Waals surface area contributed by atoms with Crippen molar-refractivity contribution in [3.63, 3.8) is 0 Å². The first-order valence-electron chi connectivity index (χ1n) is 7.20. The molecule has 0 heterocycles. The van der Waals surface area contributed by atoms with Gasteiger partial charge in [0.2, 0.25) is 0 Å². The van der Waals surface area contributed by atoms with E-state index < -0.39 is 0 Å². The van der Waals surface area contributed by atoms with E-state index in [9.17, 15) is 9.18 Å². The van der Waals surface area contributed by atoms with E-state index in [0.717, 1.165) is 17.7 Å². The van der Waals surface area contributed by atoms with Gasteiger partial charge in [0, 0.05) is 5.69 Å². The summed E-state index contributed by atoms with van der Waals surface area (Å²) in [7, 11) is 0.